The third-order valence-corrected chi connectivity index (χ3v) is 4.18. The third kappa shape index (κ3) is 3.12. The average molecular weight is 361 g/mol. The van der Waals surface area contributed by atoms with Gasteiger partial charge in [0.15, 0.2) is 6.04 Å². The summed E-state index contributed by atoms with van der Waals surface area (Å²) in [5.74, 6) is -0.954. The Morgan fingerprint density at radius 2 is 1.56 bits per heavy atom. The van der Waals surface area contributed by atoms with Gasteiger partial charge in [0.25, 0.3) is 5.91 Å². The topological polar surface area (TPSA) is 96.1 Å². The number of carbonyl (C=O) groups is 2. The molecule has 2 aromatic carbocycles. The van der Waals surface area contributed by atoms with Crippen molar-refractivity contribution in [1.29, 1.82) is 0 Å². The Morgan fingerprint density at radius 3 is 2.26 bits per heavy atom. The molecular formula is C19H15N5O3. The van der Waals surface area contributed by atoms with Crippen molar-refractivity contribution >= 4 is 29.0 Å². The van der Waals surface area contributed by atoms with Crippen LogP contribution >= 0.6 is 0 Å². The Hall–Kier alpha value is -3.68. The van der Waals surface area contributed by atoms with E-state index in [2.05, 4.69) is 20.5 Å². The number of para-hydroxylation sites is 1. The average Bonchev–Trinajstić information content (AvgIpc) is 3.21. The molecule has 2 heterocycles. The largest absolute Gasteiger partial charge is 0.367 e. The van der Waals surface area contributed by atoms with Crippen molar-refractivity contribution in [3.8, 4) is 0 Å². The normalized spacial score (nSPS) is 22.2. The molecule has 2 atom stereocenters. The lowest BCUT2D eigenvalue weighted by Gasteiger charge is -2.12. The Kier molecular flexibility index (Phi) is 4.29. The summed E-state index contributed by atoms with van der Waals surface area (Å²) in [5.41, 5.74) is 2.22. The van der Waals surface area contributed by atoms with Gasteiger partial charge in [-0.05, 0) is 19.1 Å². The first-order valence-electron chi connectivity index (χ1n) is 8.33. The van der Waals surface area contributed by atoms with Crippen LogP contribution < -0.4 is 5.01 Å². The summed E-state index contributed by atoms with van der Waals surface area (Å²) >= 11 is 0. The predicted molar refractivity (Wildman–Crippen MR) is 98.5 cm³/mol. The van der Waals surface area contributed by atoms with Crippen LogP contribution in [-0.4, -0.2) is 35.4 Å². The second-order valence-corrected chi connectivity index (χ2v) is 6.02. The van der Waals surface area contributed by atoms with Crippen molar-refractivity contribution in [1.82, 2.24) is 0 Å². The Labute approximate surface area is 154 Å². The van der Waals surface area contributed by atoms with Crippen LogP contribution in [0.15, 0.2) is 81.1 Å². The van der Waals surface area contributed by atoms with Crippen LogP contribution in [0, 0.1) is 0 Å². The quantitative estimate of drug-likeness (QED) is 0.618. The molecule has 1 amide bonds. The molecule has 0 saturated heterocycles. The number of azo groups is 1. The molecule has 0 radical (unpaired) electrons. The molecule has 0 aromatic heterocycles. The van der Waals surface area contributed by atoms with E-state index in [-0.39, 0.29) is 5.91 Å². The van der Waals surface area contributed by atoms with Crippen molar-refractivity contribution in [3.05, 3.63) is 66.2 Å². The Morgan fingerprint density at radius 1 is 0.926 bits per heavy atom. The fourth-order valence-electron chi connectivity index (χ4n) is 2.80. The summed E-state index contributed by atoms with van der Waals surface area (Å²) in [6.07, 6.45) is 0. The maximum atomic E-state index is 12.7. The molecule has 0 fully saturated rings. The summed E-state index contributed by atoms with van der Waals surface area (Å²) in [4.78, 5) is 29.4. The molecule has 0 spiro atoms. The molecule has 8 heteroatoms. The van der Waals surface area contributed by atoms with Crippen molar-refractivity contribution in [2.45, 2.75) is 19.0 Å². The lowest BCUT2D eigenvalue weighted by molar-refractivity contribution is -0.141. The standard InChI is InChI=1S/C19H15N5O3/c1-12-15(18(25)24(22-12)14-10-6-3-7-11-14)20-21-17-16(23-27-19(17)26)13-8-4-2-5-9-13/h2-11,15,17H,1H3. The van der Waals surface area contributed by atoms with E-state index in [1.807, 2.05) is 36.4 Å². The van der Waals surface area contributed by atoms with E-state index >= 15 is 0 Å². The van der Waals surface area contributed by atoms with Crippen LogP contribution in [0.25, 0.3) is 0 Å². The molecule has 2 aliphatic heterocycles. The van der Waals surface area contributed by atoms with Crippen LogP contribution in [-0.2, 0) is 14.4 Å². The predicted octanol–water partition coefficient (Wildman–Crippen LogP) is 2.56. The lowest BCUT2D eigenvalue weighted by Crippen LogP contribution is -2.31. The van der Waals surface area contributed by atoms with E-state index in [1.165, 1.54) is 5.01 Å². The molecule has 4 rings (SSSR count). The fraction of sp³-hybridized carbons (Fsp3) is 0.158. The molecule has 134 valence electrons. The minimum atomic E-state index is -1.00. The maximum Gasteiger partial charge on any atom is 0.367 e. The highest BCUT2D eigenvalue weighted by Gasteiger charge is 2.37. The number of amides is 1. The number of benzene rings is 2. The van der Waals surface area contributed by atoms with Gasteiger partial charge in [-0.2, -0.15) is 20.3 Å². The van der Waals surface area contributed by atoms with Crippen molar-refractivity contribution < 1.29 is 14.4 Å². The first-order chi connectivity index (χ1) is 13.1. The van der Waals surface area contributed by atoms with E-state index in [0.717, 1.165) is 0 Å². The summed E-state index contributed by atoms with van der Waals surface area (Å²) < 4.78 is 0. The van der Waals surface area contributed by atoms with Crippen molar-refractivity contribution in [3.63, 3.8) is 0 Å². The van der Waals surface area contributed by atoms with Crippen LogP contribution in [0.1, 0.15) is 12.5 Å². The number of hydrazone groups is 1. The van der Waals surface area contributed by atoms with E-state index in [1.54, 1.807) is 31.2 Å². The van der Waals surface area contributed by atoms with E-state index in [4.69, 9.17) is 4.84 Å². The lowest BCUT2D eigenvalue weighted by atomic mass is 10.0. The number of anilines is 1. The molecule has 0 saturated carbocycles. The van der Waals surface area contributed by atoms with Gasteiger partial charge in [0, 0.05) is 5.56 Å². The third-order valence-electron chi connectivity index (χ3n) is 4.18. The number of hydrogen-bond donors (Lipinski definition) is 0. The Balaban J connectivity index is 1.56. The van der Waals surface area contributed by atoms with E-state index < -0.39 is 18.1 Å². The zero-order valence-corrected chi connectivity index (χ0v) is 14.4. The zero-order chi connectivity index (χ0) is 18.8. The summed E-state index contributed by atoms with van der Waals surface area (Å²) in [5, 5.41) is 17.5. The monoisotopic (exact) mass is 361 g/mol. The zero-order valence-electron chi connectivity index (χ0n) is 14.4. The first-order valence-corrected chi connectivity index (χ1v) is 8.33. The molecule has 2 aromatic rings. The minimum absolute atomic E-state index is 0.327. The van der Waals surface area contributed by atoms with Crippen LogP contribution in [0.2, 0.25) is 0 Å². The number of nitrogens with zero attached hydrogens (tertiary/aromatic N) is 5. The van der Waals surface area contributed by atoms with Gasteiger partial charge in [-0.1, -0.05) is 53.7 Å². The molecule has 0 bridgehead atoms. The van der Waals surface area contributed by atoms with Gasteiger partial charge in [0.1, 0.15) is 5.71 Å². The highest BCUT2D eigenvalue weighted by atomic mass is 16.7. The van der Waals surface area contributed by atoms with Crippen LogP contribution in [0.4, 0.5) is 5.69 Å². The number of oxime groups is 1. The van der Waals surface area contributed by atoms with E-state index in [0.29, 0.717) is 22.7 Å². The smallest absolute Gasteiger partial charge is 0.315 e. The van der Waals surface area contributed by atoms with Gasteiger partial charge in [-0.3, -0.25) is 4.79 Å². The minimum Gasteiger partial charge on any atom is -0.315 e. The molecule has 0 N–H and O–H groups in total. The molecule has 27 heavy (non-hydrogen) atoms. The molecule has 2 unspecified atom stereocenters. The second-order valence-electron chi connectivity index (χ2n) is 6.02. The first kappa shape index (κ1) is 16.8. The highest BCUT2D eigenvalue weighted by molar-refractivity contribution is 6.19. The van der Waals surface area contributed by atoms with Crippen molar-refractivity contribution in [2.75, 3.05) is 5.01 Å². The number of rotatable bonds is 4. The Bertz CT molecular complexity index is 969. The fourth-order valence-corrected chi connectivity index (χ4v) is 2.80. The highest BCUT2D eigenvalue weighted by Crippen LogP contribution is 2.23. The van der Waals surface area contributed by atoms with Gasteiger partial charge >= 0.3 is 5.97 Å². The molecular weight excluding hydrogens is 346 g/mol. The van der Waals surface area contributed by atoms with Gasteiger partial charge in [0.05, 0.1) is 11.4 Å². The van der Waals surface area contributed by atoms with Crippen LogP contribution in [0.3, 0.4) is 0 Å². The van der Waals surface area contributed by atoms with Gasteiger partial charge in [-0.25, -0.2) is 4.79 Å². The molecule has 0 aliphatic carbocycles. The molecule has 2 aliphatic rings. The summed E-state index contributed by atoms with van der Waals surface area (Å²) in [6.45, 7) is 1.70. The number of hydrogen-bond acceptors (Lipinski definition) is 7. The summed E-state index contributed by atoms with van der Waals surface area (Å²) in [6, 6.07) is 16.3. The van der Waals surface area contributed by atoms with E-state index in [9.17, 15) is 9.59 Å². The SMILES string of the molecule is CC1=NN(c2ccccc2)C(=O)C1N=NC1C(=O)ON=C1c1ccccc1. The summed E-state index contributed by atoms with van der Waals surface area (Å²) in [7, 11) is 0. The van der Waals surface area contributed by atoms with Gasteiger partial charge in [0.2, 0.25) is 6.04 Å². The molecule has 8 nitrogen and oxygen atoms in total. The van der Waals surface area contributed by atoms with Gasteiger partial charge < -0.3 is 4.84 Å². The maximum absolute atomic E-state index is 12.7. The second kappa shape index (κ2) is 6.91. The number of carbonyl (C=O) groups excluding carboxylic acids is 2. The van der Waals surface area contributed by atoms with Crippen molar-refractivity contribution in [2.24, 2.45) is 20.5 Å². The van der Waals surface area contributed by atoms with Gasteiger partial charge in [-0.15, -0.1) is 0 Å². The van der Waals surface area contributed by atoms with Crippen LogP contribution in [0.5, 0.6) is 0 Å².